The Balaban J connectivity index is 2.27. The summed E-state index contributed by atoms with van der Waals surface area (Å²) >= 11 is 0. The van der Waals surface area contributed by atoms with Crippen LogP contribution < -0.4 is 11.1 Å². The molecule has 0 aromatic heterocycles. The molecule has 1 aliphatic rings. The number of likely N-dealkylation sites (N-methyl/N-ethyl adjacent to an activating group) is 1. The molecule has 0 spiro atoms. The van der Waals surface area contributed by atoms with Crippen molar-refractivity contribution in [1.29, 1.82) is 0 Å². The van der Waals surface area contributed by atoms with Crippen LogP contribution in [0.5, 0.6) is 0 Å². The van der Waals surface area contributed by atoms with E-state index < -0.39 is 5.60 Å². The zero-order valence-corrected chi connectivity index (χ0v) is 10.6. The van der Waals surface area contributed by atoms with Gasteiger partial charge in [-0.2, -0.15) is 0 Å². The van der Waals surface area contributed by atoms with Crippen molar-refractivity contribution in [3.05, 3.63) is 0 Å². The van der Waals surface area contributed by atoms with E-state index >= 15 is 0 Å². The third-order valence-corrected chi connectivity index (χ3v) is 2.58. The van der Waals surface area contributed by atoms with Gasteiger partial charge in [0.05, 0.1) is 0 Å². The molecule has 2 atom stereocenters. The molecule has 16 heavy (non-hydrogen) atoms. The van der Waals surface area contributed by atoms with E-state index in [-0.39, 0.29) is 12.1 Å². The van der Waals surface area contributed by atoms with Crippen molar-refractivity contribution in [3.8, 4) is 0 Å². The van der Waals surface area contributed by atoms with Crippen LogP contribution in [0.2, 0.25) is 0 Å². The molecule has 0 radical (unpaired) electrons. The second-order valence-electron chi connectivity index (χ2n) is 5.53. The lowest BCUT2D eigenvalue weighted by molar-refractivity contribution is 0.0519. The molecule has 5 heteroatoms. The fourth-order valence-electron chi connectivity index (χ4n) is 1.86. The zero-order valence-electron chi connectivity index (χ0n) is 10.6. The minimum absolute atomic E-state index is 0.139. The quantitative estimate of drug-likeness (QED) is 0.719. The number of carbonyl (C=O) groups excluding carboxylic acids is 1. The normalized spacial score (nSPS) is 26.8. The molecular weight excluding hydrogens is 206 g/mol. The number of nitrogens with one attached hydrogen (secondary N) is 1. The first-order valence-corrected chi connectivity index (χ1v) is 5.69. The Morgan fingerprint density at radius 1 is 1.50 bits per heavy atom. The van der Waals surface area contributed by atoms with E-state index in [1.807, 2.05) is 27.8 Å². The highest BCUT2D eigenvalue weighted by molar-refractivity contribution is 5.67. The molecule has 3 N–H and O–H groups in total. The predicted molar refractivity (Wildman–Crippen MR) is 63.2 cm³/mol. The Bertz CT molecular complexity index is 250. The number of amides is 1. The number of ether oxygens (including phenoxy) is 1. The van der Waals surface area contributed by atoms with Crippen LogP contribution in [-0.4, -0.2) is 49.3 Å². The third-order valence-electron chi connectivity index (χ3n) is 2.58. The average molecular weight is 229 g/mol. The summed E-state index contributed by atoms with van der Waals surface area (Å²) in [5.74, 6) is 0.317. The van der Waals surface area contributed by atoms with Crippen molar-refractivity contribution >= 4 is 6.09 Å². The van der Waals surface area contributed by atoms with Crippen molar-refractivity contribution < 1.29 is 9.53 Å². The summed E-state index contributed by atoms with van der Waals surface area (Å²) in [4.78, 5) is 13.6. The number of nitrogens with two attached hydrogens (primary N) is 1. The average Bonchev–Trinajstić information content (AvgIpc) is 2.38. The van der Waals surface area contributed by atoms with Crippen molar-refractivity contribution in [3.63, 3.8) is 0 Å². The molecule has 0 aromatic carbocycles. The first-order valence-electron chi connectivity index (χ1n) is 5.69. The Kier molecular flexibility index (Phi) is 4.15. The zero-order chi connectivity index (χ0) is 12.3. The van der Waals surface area contributed by atoms with Gasteiger partial charge in [0.1, 0.15) is 5.60 Å². The van der Waals surface area contributed by atoms with Gasteiger partial charge in [-0.15, -0.1) is 0 Å². The molecule has 0 unspecified atom stereocenters. The molecule has 1 rings (SSSR count). The summed E-state index contributed by atoms with van der Waals surface area (Å²) in [5.41, 5.74) is 5.50. The second kappa shape index (κ2) is 5.01. The van der Waals surface area contributed by atoms with E-state index in [0.29, 0.717) is 12.5 Å². The number of hydrogen-bond acceptors (Lipinski definition) is 4. The maximum absolute atomic E-state index is 11.4. The van der Waals surface area contributed by atoms with Crippen LogP contribution in [0.3, 0.4) is 0 Å². The lowest BCUT2D eigenvalue weighted by Gasteiger charge is -2.21. The summed E-state index contributed by atoms with van der Waals surface area (Å²) < 4.78 is 5.16. The van der Waals surface area contributed by atoms with Gasteiger partial charge in [0.2, 0.25) is 0 Å². The highest BCUT2D eigenvalue weighted by atomic mass is 16.6. The molecule has 1 aliphatic heterocycles. The number of hydrogen-bond donors (Lipinski definition) is 2. The van der Waals surface area contributed by atoms with Crippen LogP contribution in [-0.2, 0) is 4.74 Å². The Labute approximate surface area is 97.3 Å². The van der Waals surface area contributed by atoms with Gasteiger partial charge in [-0.3, -0.25) is 0 Å². The molecule has 5 nitrogen and oxygen atoms in total. The first-order chi connectivity index (χ1) is 7.28. The highest BCUT2D eigenvalue weighted by Gasteiger charge is 2.28. The van der Waals surface area contributed by atoms with E-state index in [0.717, 1.165) is 13.1 Å². The van der Waals surface area contributed by atoms with Crippen molar-refractivity contribution in [2.24, 2.45) is 11.7 Å². The Morgan fingerprint density at radius 3 is 2.56 bits per heavy atom. The van der Waals surface area contributed by atoms with Gasteiger partial charge in [-0.1, -0.05) is 0 Å². The summed E-state index contributed by atoms with van der Waals surface area (Å²) in [6.07, 6.45) is -0.366. The largest absolute Gasteiger partial charge is 0.444 e. The van der Waals surface area contributed by atoms with Crippen LogP contribution in [0, 0.1) is 5.92 Å². The van der Waals surface area contributed by atoms with Crippen LogP contribution in [0.1, 0.15) is 20.8 Å². The summed E-state index contributed by atoms with van der Waals surface area (Å²) in [6.45, 7) is 7.95. The number of likely N-dealkylation sites (tertiary alicyclic amines) is 1. The Morgan fingerprint density at radius 2 is 2.12 bits per heavy atom. The van der Waals surface area contributed by atoms with Crippen LogP contribution in [0.15, 0.2) is 0 Å². The molecule has 0 saturated carbocycles. The minimum Gasteiger partial charge on any atom is -0.444 e. The number of nitrogens with zero attached hydrogens (tertiary/aromatic N) is 1. The van der Waals surface area contributed by atoms with Crippen LogP contribution in [0.4, 0.5) is 4.79 Å². The molecule has 0 bridgehead atoms. The van der Waals surface area contributed by atoms with Gasteiger partial charge in [0.15, 0.2) is 0 Å². The fourth-order valence-corrected chi connectivity index (χ4v) is 1.86. The number of alkyl carbamates (subject to hydrolysis) is 1. The monoisotopic (exact) mass is 229 g/mol. The first kappa shape index (κ1) is 13.3. The molecule has 0 aliphatic carbocycles. The van der Waals surface area contributed by atoms with E-state index in [1.54, 1.807) is 0 Å². The standard InChI is InChI=1S/C11H23N3O2/c1-11(2,3)16-10(15)13-5-8-6-14(4)7-9(8)12/h8-9H,5-7,12H2,1-4H3,(H,13,15)/t8-,9+/m1/s1. The van der Waals surface area contributed by atoms with Gasteiger partial charge < -0.3 is 20.7 Å². The van der Waals surface area contributed by atoms with Gasteiger partial charge in [0, 0.05) is 31.6 Å². The van der Waals surface area contributed by atoms with E-state index in [9.17, 15) is 4.79 Å². The number of rotatable bonds is 2. The smallest absolute Gasteiger partial charge is 0.407 e. The second-order valence-corrected chi connectivity index (χ2v) is 5.53. The Hall–Kier alpha value is -0.810. The molecular formula is C11H23N3O2. The lowest BCUT2D eigenvalue weighted by Crippen LogP contribution is -2.40. The fraction of sp³-hybridized carbons (Fsp3) is 0.909. The SMILES string of the molecule is CN1C[C@@H](CNC(=O)OC(C)(C)C)[C@@H](N)C1. The lowest BCUT2D eigenvalue weighted by atomic mass is 10.1. The maximum atomic E-state index is 11.4. The van der Waals surface area contributed by atoms with Crippen molar-refractivity contribution in [2.45, 2.75) is 32.4 Å². The molecule has 1 fully saturated rings. The molecule has 94 valence electrons. The number of carbonyl (C=O) groups is 1. The van der Waals surface area contributed by atoms with Gasteiger partial charge in [0.25, 0.3) is 0 Å². The summed E-state index contributed by atoms with van der Waals surface area (Å²) in [6, 6.07) is 0.139. The van der Waals surface area contributed by atoms with E-state index in [1.165, 1.54) is 0 Å². The topological polar surface area (TPSA) is 67.6 Å². The van der Waals surface area contributed by atoms with Crippen LogP contribution >= 0.6 is 0 Å². The molecule has 0 aromatic rings. The van der Waals surface area contributed by atoms with E-state index in [2.05, 4.69) is 10.2 Å². The molecule has 1 saturated heterocycles. The van der Waals surface area contributed by atoms with Gasteiger partial charge >= 0.3 is 6.09 Å². The molecule has 1 heterocycles. The van der Waals surface area contributed by atoms with Crippen LogP contribution in [0.25, 0.3) is 0 Å². The van der Waals surface area contributed by atoms with Gasteiger partial charge in [-0.05, 0) is 27.8 Å². The summed E-state index contributed by atoms with van der Waals surface area (Å²) in [5, 5.41) is 2.76. The summed E-state index contributed by atoms with van der Waals surface area (Å²) in [7, 11) is 2.04. The van der Waals surface area contributed by atoms with Crippen molar-refractivity contribution in [1.82, 2.24) is 10.2 Å². The molecule has 1 amide bonds. The minimum atomic E-state index is -0.446. The maximum Gasteiger partial charge on any atom is 0.407 e. The third kappa shape index (κ3) is 4.37. The van der Waals surface area contributed by atoms with Gasteiger partial charge in [-0.25, -0.2) is 4.79 Å². The van der Waals surface area contributed by atoms with E-state index in [4.69, 9.17) is 10.5 Å². The highest BCUT2D eigenvalue weighted by Crippen LogP contribution is 2.13. The van der Waals surface area contributed by atoms with Crippen molar-refractivity contribution in [2.75, 3.05) is 26.7 Å². The predicted octanol–water partition coefficient (Wildman–Crippen LogP) is 0.400.